The number of hydrogen-bond acceptors (Lipinski definition) is 6. The maximum absolute atomic E-state index is 12.0. The molecule has 0 aliphatic carbocycles. The summed E-state index contributed by atoms with van der Waals surface area (Å²) in [6.45, 7) is 0. The van der Waals surface area contributed by atoms with E-state index in [9.17, 15) is 24.9 Å². The van der Waals surface area contributed by atoms with E-state index in [2.05, 4.69) is 4.98 Å². The van der Waals surface area contributed by atoms with Crippen LogP contribution in [0.3, 0.4) is 0 Å². The number of aromatic nitrogens is 2. The van der Waals surface area contributed by atoms with Crippen LogP contribution in [-0.4, -0.2) is 31.0 Å². The van der Waals surface area contributed by atoms with Crippen molar-refractivity contribution in [2.45, 2.75) is 0 Å². The maximum atomic E-state index is 12.0. The molecular formula is C14H10N2O6. The molecule has 1 aromatic carbocycles. The maximum Gasteiger partial charge on any atom is 0.383 e. The molecule has 0 radical (unpaired) electrons. The van der Waals surface area contributed by atoms with Crippen LogP contribution in [0.2, 0.25) is 0 Å². The minimum Gasteiger partial charge on any atom is -0.505 e. The van der Waals surface area contributed by atoms with Crippen molar-refractivity contribution in [1.29, 1.82) is 0 Å². The Morgan fingerprint density at radius 3 is 2.23 bits per heavy atom. The average molecular weight is 302 g/mol. The van der Waals surface area contributed by atoms with E-state index in [1.165, 1.54) is 12.1 Å². The standard InChI is InChI=1S/C14H10N2O6/c17-9-5-6-10(18)16(9)22-14(21)11-12(19)7-3-1-2-4-8(7)13(20)15-11/h1-6,17-19H,(H,15,20). The van der Waals surface area contributed by atoms with Crippen molar-refractivity contribution < 1.29 is 25.0 Å². The van der Waals surface area contributed by atoms with Crippen LogP contribution in [0.15, 0.2) is 41.2 Å². The van der Waals surface area contributed by atoms with Gasteiger partial charge >= 0.3 is 5.97 Å². The number of nitrogens with zero attached hydrogens (tertiary/aromatic N) is 1. The first kappa shape index (κ1) is 13.6. The number of nitrogens with one attached hydrogen (secondary N) is 1. The summed E-state index contributed by atoms with van der Waals surface area (Å²) in [6, 6.07) is 8.39. The molecule has 2 aromatic heterocycles. The topological polar surface area (TPSA) is 125 Å². The lowest BCUT2D eigenvalue weighted by Crippen LogP contribution is -2.23. The summed E-state index contributed by atoms with van der Waals surface area (Å²) < 4.78 is 0.454. The largest absolute Gasteiger partial charge is 0.505 e. The molecule has 112 valence electrons. The number of hydrogen-bond donors (Lipinski definition) is 4. The number of pyridine rings is 1. The fourth-order valence-electron chi connectivity index (χ4n) is 2.03. The Morgan fingerprint density at radius 1 is 1.00 bits per heavy atom. The summed E-state index contributed by atoms with van der Waals surface area (Å²) >= 11 is 0. The van der Waals surface area contributed by atoms with Crippen molar-refractivity contribution >= 4 is 16.7 Å². The summed E-state index contributed by atoms with van der Waals surface area (Å²) in [4.78, 5) is 30.9. The Hall–Kier alpha value is -3.42. The summed E-state index contributed by atoms with van der Waals surface area (Å²) in [6.07, 6.45) is 0. The summed E-state index contributed by atoms with van der Waals surface area (Å²) in [5.74, 6) is -2.66. The van der Waals surface area contributed by atoms with E-state index >= 15 is 0 Å². The van der Waals surface area contributed by atoms with Crippen molar-refractivity contribution in [3.63, 3.8) is 0 Å². The Balaban J connectivity index is 2.09. The van der Waals surface area contributed by atoms with Crippen molar-refractivity contribution in [3.05, 3.63) is 52.4 Å². The van der Waals surface area contributed by atoms with E-state index in [-0.39, 0.29) is 10.8 Å². The second-order valence-corrected chi connectivity index (χ2v) is 4.45. The SMILES string of the molecule is O=C(On1c(O)ccc1O)c1[nH]c(=O)c2ccccc2c1O. The molecule has 8 nitrogen and oxygen atoms in total. The summed E-state index contributed by atoms with van der Waals surface area (Å²) in [5, 5.41) is 29.3. The molecular weight excluding hydrogens is 292 g/mol. The van der Waals surface area contributed by atoms with E-state index in [1.54, 1.807) is 12.1 Å². The molecule has 8 heteroatoms. The zero-order valence-corrected chi connectivity index (χ0v) is 11.0. The minimum atomic E-state index is -1.15. The predicted molar refractivity (Wildman–Crippen MR) is 74.9 cm³/mol. The van der Waals surface area contributed by atoms with Crippen LogP contribution >= 0.6 is 0 Å². The lowest BCUT2D eigenvalue weighted by Gasteiger charge is -2.09. The van der Waals surface area contributed by atoms with Gasteiger partial charge in [0.05, 0.1) is 5.39 Å². The molecule has 0 saturated carbocycles. The predicted octanol–water partition coefficient (Wildman–Crippen LogP) is 0.715. The number of benzene rings is 1. The molecule has 2 heterocycles. The van der Waals surface area contributed by atoms with Crippen LogP contribution in [-0.2, 0) is 0 Å². The van der Waals surface area contributed by atoms with E-state index in [1.807, 2.05) is 0 Å². The van der Waals surface area contributed by atoms with Gasteiger partial charge in [-0.2, -0.15) is 0 Å². The molecule has 0 atom stereocenters. The third-order valence-corrected chi connectivity index (χ3v) is 3.08. The highest BCUT2D eigenvalue weighted by atomic mass is 16.7. The molecule has 0 aliphatic heterocycles. The first-order valence-corrected chi connectivity index (χ1v) is 6.15. The van der Waals surface area contributed by atoms with Crippen LogP contribution < -0.4 is 10.4 Å². The van der Waals surface area contributed by atoms with Gasteiger partial charge in [0.15, 0.2) is 11.4 Å². The average Bonchev–Trinajstić information content (AvgIpc) is 2.82. The highest BCUT2D eigenvalue weighted by molar-refractivity contribution is 5.98. The zero-order chi connectivity index (χ0) is 15.9. The third-order valence-electron chi connectivity index (χ3n) is 3.08. The van der Waals surface area contributed by atoms with Crippen LogP contribution in [0.5, 0.6) is 17.5 Å². The first-order valence-electron chi connectivity index (χ1n) is 6.15. The summed E-state index contributed by atoms with van der Waals surface area (Å²) in [7, 11) is 0. The van der Waals surface area contributed by atoms with Gasteiger partial charge in [0.1, 0.15) is 0 Å². The molecule has 3 aromatic rings. The van der Waals surface area contributed by atoms with Crippen LogP contribution in [0.4, 0.5) is 0 Å². The van der Waals surface area contributed by atoms with Crippen LogP contribution in [0.25, 0.3) is 10.8 Å². The van der Waals surface area contributed by atoms with E-state index < -0.39 is 34.7 Å². The number of aromatic amines is 1. The fourth-order valence-corrected chi connectivity index (χ4v) is 2.03. The quantitative estimate of drug-likeness (QED) is 0.552. The van der Waals surface area contributed by atoms with E-state index in [4.69, 9.17) is 4.84 Å². The lowest BCUT2D eigenvalue weighted by atomic mass is 10.1. The van der Waals surface area contributed by atoms with Crippen LogP contribution in [0.1, 0.15) is 10.5 Å². The molecule has 0 saturated heterocycles. The smallest absolute Gasteiger partial charge is 0.383 e. The van der Waals surface area contributed by atoms with Crippen molar-refractivity contribution in [1.82, 2.24) is 9.71 Å². The number of carbonyl (C=O) groups excluding carboxylic acids is 1. The molecule has 0 fully saturated rings. The molecule has 0 bridgehead atoms. The van der Waals surface area contributed by atoms with Gasteiger partial charge in [0.2, 0.25) is 11.8 Å². The number of rotatable bonds is 2. The molecule has 3 rings (SSSR count). The molecule has 22 heavy (non-hydrogen) atoms. The van der Waals surface area contributed by atoms with Crippen molar-refractivity contribution in [3.8, 4) is 17.5 Å². The molecule has 0 unspecified atom stereocenters. The van der Waals surface area contributed by atoms with Gasteiger partial charge < -0.3 is 25.1 Å². The molecule has 4 N–H and O–H groups in total. The van der Waals surface area contributed by atoms with Gasteiger partial charge in [0, 0.05) is 17.5 Å². The molecule has 0 spiro atoms. The minimum absolute atomic E-state index is 0.180. The lowest BCUT2D eigenvalue weighted by molar-refractivity contribution is 0.0371. The monoisotopic (exact) mass is 302 g/mol. The Labute approximate surface area is 122 Å². The molecule has 0 aliphatic rings. The van der Waals surface area contributed by atoms with Gasteiger partial charge in [-0.05, 0) is 6.07 Å². The number of H-pyrrole nitrogens is 1. The second kappa shape index (κ2) is 4.85. The number of carbonyl (C=O) groups is 1. The zero-order valence-electron chi connectivity index (χ0n) is 11.0. The van der Waals surface area contributed by atoms with Gasteiger partial charge in [-0.3, -0.25) is 4.79 Å². The third kappa shape index (κ3) is 2.03. The van der Waals surface area contributed by atoms with Gasteiger partial charge in [-0.15, -0.1) is 4.73 Å². The number of fused-ring (bicyclic) bond motifs is 1. The molecule has 0 amide bonds. The highest BCUT2D eigenvalue weighted by Gasteiger charge is 2.21. The Bertz CT molecular complexity index is 921. The fraction of sp³-hybridized carbons (Fsp3) is 0. The first-order chi connectivity index (χ1) is 10.5. The van der Waals surface area contributed by atoms with Gasteiger partial charge in [0.25, 0.3) is 5.56 Å². The van der Waals surface area contributed by atoms with Crippen molar-refractivity contribution in [2.75, 3.05) is 0 Å². The highest BCUT2D eigenvalue weighted by Crippen LogP contribution is 2.25. The summed E-state index contributed by atoms with van der Waals surface area (Å²) in [5.41, 5.74) is -1.07. The van der Waals surface area contributed by atoms with E-state index in [0.717, 1.165) is 12.1 Å². The Kier molecular flexibility index (Phi) is 2.99. The van der Waals surface area contributed by atoms with Crippen LogP contribution in [0, 0.1) is 0 Å². The number of aromatic hydroxyl groups is 3. The second-order valence-electron chi connectivity index (χ2n) is 4.45. The normalized spacial score (nSPS) is 10.7. The Morgan fingerprint density at radius 2 is 1.59 bits per heavy atom. The van der Waals surface area contributed by atoms with Gasteiger partial charge in [-0.1, -0.05) is 18.2 Å². The van der Waals surface area contributed by atoms with Gasteiger partial charge in [-0.25, -0.2) is 4.79 Å². The van der Waals surface area contributed by atoms with E-state index in [0.29, 0.717) is 4.73 Å². The van der Waals surface area contributed by atoms with Crippen molar-refractivity contribution in [2.24, 2.45) is 0 Å².